The van der Waals surface area contributed by atoms with Crippen molar-refractivity contribution in [2.75, 3.05) is 33.4 Å². The number of rotatable bonds is 7. The molecule has 1 aliphatic heterocycles. The Morgan fingerprint density at radius 1 is 1.00 bits per heavy atom. The highest BCUT2D eigenvalue weighted by Crippen LogP contribution is 2.37. The molecule has 1 aromatic heterocycles. The minimum Gasteiger partial charge on any atom is -0.497 e. The first-order valence-corrected chi connectivity index (χ1v) is 12.1. The Hall–Kier alpha value is -2.81. The van der Waals surface area contributed by atoms with E-state index in [0.29, 0.717) is 33.6 Å². The molecule has 9 heteroatoms. The monoisotopic (exact) mass is 487 g/mol. The van der Waals surface area contributed by atoms with Crippen LogP contribution in [-0.2, 0) is 0 Å². The molecule has 0 unspecified atom stereocenters. The Bertz CT molecular complexity index is 1130. The lowest BCUT2D eigenvalue weighted by Gasteiger charge is -2.26. The Balaban J connectivity index is 1.29. The van der Waals surface area contributed by atoms with Crippen LogP contribution in [0.1, 0.15) is 39.3 Å². The van der Waals surface area contributed by atoms with Gasteiger partial charge in [-0.2, -0.15) is 0 Å². The third-order valence-corrected chi connectivity index (χ3v) is 7.23. The van der Waals surface area contributed by atoms with Gasteiger partial charge in [0.2, 0.25) is 0 Å². The van der Waals surface area contributed by atoms with Crippen molar-refractivity contribution in [3.8, 4) is 11.5 Å². The van der Waals surface area contributed by atoms with Crippen molar-refractivity contribution in [2.45, 2.75) is 19.3 Å². The second kappa shape index (κ2) is 10.9. The molecule has 1 aliphatic rings. The summed E-state index contributed by atoms with van der Waals surface area (Å²) in [6.07, 6.45) is 3.82. The number of fused-ring (bicyclic) bond motifs is 1. The van der Waals surface area contributed by atoms with Gasteiger partial charge in [-0.3, -0.25) is 25.3 Å². The molecule has 1 saturated heterocycles. The molecule has 0 atom stereocenters. The van der Waals surface area contributed by atoms with Gasteiger partial charge in [-0.05, 0) is 68.4 Å². The maximum absolute atomic E-state index is 12.6. The minimum absolute atomic E-state index is 0.317. The van der Waals surface area contributed by atoms with E-state index in [2.05, 4.69) is 15.8 Å². The number of amides is 2. The third kappa shape index (κ3) is 5.76. The van der Waals surface area contributed by atoms with E-state index < -0.39 is 11.8 Å². The van der Waals surface area contributed by atoms with Crippen LogP contribution in [0.5, 0.6) is 11.5 Å². The normalized spacial score (nSPS) is 14.1. The van der Waals surface area contributed by atoms with Crippen molar-refractivity contribution in [3.63, 3.8) is 0 Å². The lowest BCUT2D eigenvalue weighted by atomic mass is 10.1. The van der Waals surface area contributed by atoms with E-state index in [4.69, 9.17) is 21.1 Å². The first-order valence-electron chi connectivity index (χ1n) is 10.9. The van der Waals surface area contributed by atoms with Gasteiger partial charge in [0.15, 0.2) is 0 Å². The molecule has 33 heavy (non-hydrogen) atoms. The van der Waals surface area contributed by atoms with E-state index in [0.717, 1.165) is 29.7 Å². The number of hydrogen-bond acceptors (Lipinski definition) is 6. The first kappa shape index (κ1) is 23.4. The van der Waals surface area contributed by atoms with Crippen molar-refractivity contribution in [1.29, 1.82) is 0 Å². The van der Waals surface area contributed by atoms with Gasteiger partial charge in [-0.15, -0.1) is 11.3 Å². The summed E-state index contributed by atoms with van der Waals surface area (Å²) >= 11 is 7.60. The number of nitrogens with one attached hydrogen (secondary N) is 2. The highest BCUT2D eigenvalue weighted by atomic mass is 35.5. The summed E-state index contributed by atoms with van der Waals surface area (Å²) < 4.78 is 11.8. The van der Waals surface area contributed by atoms with Gasteiger partial charge >= 0.3 is 0 Å². The molecule has 3 aromatic rings. The Morgan fingerprint density at radius 3 is 2.42 bits per heavy atom. The molecular formula is C24H26ClN3O4S. The van der Waals surface area contributed by atoms with Crippen LogP contribution in [0.4, 0.5) is 0 Å². The average Bonchev–Trinajstić information content (AvgIpc) is 3.19. The largest absolute Gasteiger partial charge is 0.497 e. The molecule has 0 aliphatic carbocycles. The quantitative estimate of drug-likeness (QED) is 0.479. The van der Waals surface area contributed by atoms with Crippen molar-refractivity contribution >= 4 is 44.8 Å². The summed E-state index contributed by atoms with van der Waals surface area (Å²) in [5.41, 5.74) is 5.27. The highest BCUT2D eigenvalue weighted by molar-refractivity contribution is 7.21. The molecule has 174 valence electrons. The van der Waals surface area contributed by atoms with Gasteiger partial charge in [-0.1, -0.05) is 18.0 Å². The molecule has 0 saturated carbocycles. The molecule has 4 rings (SSSR count). The second-order valence-electron chi connectivity index (χ2n) is 7.79. The standard InChI is InChI=1S/C24H26ClN3O4S/c1-31-18-9-10-19-20(15-18)33-22(21(19)25)24(30)27-26-23(29)16-5-7-17(8-6-16)32-14-13-28-11-3-2-4-12-28/h5-10,15H,2-4,11-14H2,1H3,(H,26,29)(H,27,30). The topological polar surface area (TPSA) is 79.9 Å². The molecule has 7 nitrogen and oxygen atoms in total. The van der Waals surface area contributed by atoms with Crippen LogP contribution in [0.15, 0.2) is 42.5 Å². The Labute approximate surface area is 201 Å². The third-order valence-electron chi connectivity index (χ3n) is 5.57. The lowest BCUT2D eigenvalue weighted by molar-refractivity contribution is 0.0849. The van der Waals surface area contributed by atoms with Crippen LogP contribution < -0.4 is 20.3 Å². The molecule has 2 heterocycles. The van der Waals surface area contributed by atoms with Gasteiger partial charge in [0, 0.05) is 22.2 Å². The molecule has 2 aromatic carbocycles. The summed E-state index contributed by atoms with van der Waals surface area (Å²) in [6.45, 7) is 3.79. The number of thiophene rings is 1. The molecule has 2 N–H and O–H groups in total. The predicted octanol–water partition coefficient (Wildman–Crippen LogP) is 4.50. The van der Waals surface area contributed by atoms with Gasteiger partial charge in [0.25, 0.3) is 11.8 Å². The van der Waals surface area contributed by atoms with E-state index in [9.17, 15) is 9.59 Å². The van der Waals surface area contributed by atoms with Crippen LogP contribution in [0, 0.1) is 0 Å². The number of benzene rings is 2. The van der Waals surface area contributed by atoms with Crippen LogP contribution in [0.2, 0.25) is 5.02 Å². The lowest BCUT2D eigenvalue weighted by Crippen LogP contribution is -2.41. The van der Waals surface area contributed by atoms with E-state index in [-0.39, 0.29) is 0 Å². The number of halogens is 1. The van der Waals surface area contributed by atoms with Crippen molar-refractivity contribution in [1.82, 2.24) is 15.8 Å². The molecule has 0 bridgehead atoms. The number of carbonyl (C=O) groups excluding carboxylic acids is 2. The molecular weight excluding hydrogens is 462 g/mol. The number of hydrogen-bond donors (Lipinski definition) is 2. The number of hydrazine groups is 1. The van der Waals surface area contributed by atoms with Gasteiger partial charge in [-0.25, -0.2) is 0 Å². The van der Waals surface area contributed by atoms with Gasteiger partial charge in [0.1, 0.15) is 23.0 Å². The molecule has 0 radical (unpaired) electrons. The average molecular weight is 488 g/mol. The SMILES string of the molecule is COc1ccc2c(Cl)c(C(=O)NNC(=O)c3ccc(OCCN4CCCCC4)cc3)sc2c1. The van der Waals surface area contributed by atoms with E-state index >= 15 is 0 Å². The van der Waals surface area contributed by atoms with Gasteiger partial charge in [0.05, 0.1) is 12.1 Å². The Kier molecular flexibility index (Phi) is 7.69. The van der Waals surface area contributed by atoms with Crippen molar-refractivity contribution in [3.05, 3.63) is 57.9 Å². The molecule has 2 amide bonds. The number of nitrogens with zero attached hydrogens (tertiary/aromatic N) is 1. The maximum atomic E-state index is 12.6. The summed E-state index contributed by atoms with van der Waals surface area (Å²) in [5, 5.41) is 1.10. The summed E-state index contributed by atoms with van der Waals surface area (Å²) in [6, 6.07) is 12.2. The second-order valence-corrected chi connectivity index (χ2v) is 9.22. The number of likely N-dealkylation sites (tertiary alicyclic amines) is 1. The van der Waals surface area contributed by atoms with E-state index in [1.807, 2.05) is 6.07 Å². The fraction of sp³-hybridized carbons (Fsp3) is 0.333. The van der Waals surface area contributed by atoms with Crippen LogP contribution >= 0.6 is 22.9 Å². The predicted molar refractivity (Wildman–Crippen MR) is 131 cm³/mol. The number of piperidine rings is 1. The summed E-state index contributed by atoms with van der Waals surface area (Å²) in [5.74, 6) is 0.480. The fourth-order valence-electron chi connectivity index (χ4n) is 3.74. The van der Waals surface area contributed by atoms with Crippen LogP contribution in [0.3, 0.4) is 0 Å². The fourth-order valence-corrected chi connectivity index (χ4v) is 5.18. The molecule has 0 spiro atoms. The van der Waals surface area contributed by atoms with Crippen molar-refractivity contribution in [2.24, 2.45) is 0 Å². The number of methoxy groups -OCH3 is 1. The maximum Gasteiger partial charge on any atom is 0.281 e. The van der Waals surface area contributed by atoms with Crippen molar-refractivity contribution < 1.29 is 19.1 Å². The smallest absolute Gasteiger partial charge is 0.281 e. The minimum atomic E-state index is -0.480. The number of ether oxygens (including phenoxy) is 2. The molecule has 1 fully saturated rings. The zero-order valence-electron chi connectivity index (χ0n) is 18.4. The van der Waals surface area contributed by atoms with Crippen LogP contribution in [-0.4, -0.2) is 50.1 Å². The zero-order chi connectivity index (χ0) is 23.2. The van der Waals surface area contributed by atoms with E-state index in [1.165, 1.54) is 30.6 Å². The number of carbonyl (C=O) groups is 2. The zero-order valence-corrected chi connectivity index (χ0v) is 19.9. The highest BCUT2D eigenvalue weighted by Gasteiger charge is 2.18. The Morgan fingerprint density at radius 2 is 1.70 bits per heavy atom. The summed E-state index contributed by atoms with van der Waals surface area (Å²) in [4.78, 5) is 27.7. The van der Waals surface area contributed by atoms with Crippen LogP contribution in [0.25, 0.3) is 10.1 Å². The first-order chi connectivity index (χ1) is 16.0. The summed E-state index contributed by atoms with van der Waals surface area (Å²) in [7, 11) is 1.58. The van der Waals surface area contributed by atoms with Gasteiger partial charge < -0.3 is 9.47 Å². The van der Waals surface area contributed by atoms with E-state index in [1.54, 1.807) is 43.5 Å².